The molecule has 0 saturated heterocycles. The zero-order valence-corrected chi connectivity index (χ0v) is 12.8. The molecule has 1 atom stereocenters. The van der Waals surface area contributed by atoms with E-state index in [1.807, 2.05) is 25.2 Å². The lowest BCUT2D eigenvalue weighted by molar-refractivity contribution is 0.0851. The van der Waals surface area contributed by atoms with Crippen molar-refractivity contribution < 1.29 is 9.84 Å². The summed E-state index contributed by atoms with van der Waals surface area (Å²) in [6.45, 7) is 1.02. The molecule has 2 N–H and O–H groups in total. The van der Waals surface area contributed by atoms with E-state index in [0.717, 1.165) is 12.0 Å². The SMILES string of the molecule is CNCc1cccc(Cl)c1OCC(O)CC1CCCC1. The van der Waals surface area contributed by atoms with E-state index >= 15 is 0 Å². The van der Waals surface area contributed by atoms with Gasteiger partial charge in [0, 0.05) is 12.1 Å². The highest BCUT2D eigenvalue weighted by molar-refractivity contribution is 6.32. The van der Waals surface area contributed by atoms with Crippen LogP contribution in [0, 0.1) is 5.92 Å². The molecule has 4 heteroatoms. The molecular weight excluding hydrogens is 274 g/mol. The molecule has 0 radical (unpaired) electrons. The summed E-state index contributed by atoms with van der Waals surface area (Å²) in [6, 6.07) is 5.72. The number of aliphatic hydroxyl groups excluding tert-OH is 1. The zero-order chi connectivity index (χ0) is 14.4. The van der Waals surface area contributed by atoms with Crippen LogP contribution in [0.5, 0.6) is 5.75 Å². The molecule has 0 spiro atoms. The molecule has 0 heterocycles. The Labute approximate surface area is 126 Å². The molecule has 112 valence electrons. The number of para-hydroxylation sites is 1. The largest absolute Gasteiger partial charge is 0.489 e. The molecule has 0 bridgehead atoms. The molecule has 2 rings (SSSR count). The van der Waals surface area contributed by atoms with Gasteiger partial charge in [-0.05, 0) is 25.5 Å². The molecule has 3 nitrogen and oxygen atoms in total. The molecule has 1 aliphatic carbocycles. The fourth-order valence-electron chi connectivity index (χ4n) is 2.92. The maximum absolute atomic E-state index is 10.1. The molecule has 0 aliphatic heterocycles. The van der Waals surface area contributed by atoms with Crippen molar-refractivity contribution in [2.24, 2.45) is 5.92 Å². The van der Waals surface area contributed by atoms with Gasteiger partial charge in [0.2, 0.25) is 0 Å². The number of hydrogen-bond acceptors (Lipinski definition) is 3. The van der Waals surface area contributed by atoms with E-state index in [2.05, 4.69) is 5.32 Å². The molecule has 1 unspecified atom stereocenters. The van der Waals surface area contributed by atoms with Crippen LogP contribution in [0.1, 0.15) is 37.7 Å². The number of halogens is 1. The van der Waals surface area contributed by atoms with Crippen LogP contribution in [0.4, 0.5) is 0 Å². The summed E-state index contributed by atoms with van der Waals surface area (Å²) in [5.41, 5.74) is 1.02. The molecule has 1 aromatic rings. The van der Waals surface area contributed by atoms with Gasteiger partial charge in [-0.15, -0.1) is 0 Å². The van der Waals surface area contributed by atoms with Crippen molar-refractivity contribution in [2.75, 3.05) is 13.7 Å². The molecule has 20 heavy (non-hydrogen) atoms. The predicted octanol–water partition coefficient (Wildman–Crippen LogP) is 3.38. The van der Waals surface area contributed by atoms with Gasteiger partial charge in [0.25, 0.3) is 0 Å². The van der Waals surface area contributed by atoms with E-state index in [4.69, 9.17) is 16.3 Å². The first-order valence-electron chi connectivity index (χ1n) is 7.43. The van der Waals surface area contributed by atoms with Gasteiger partial charge in [-0.1, -0.05) is 49.4 Å². The second-order valence-corrected chi connectivity index (χ2v) is 6.02. The third kappa shape index (κ3) is 4.37. The fourth-order valence-corrected chi connectivity index (χ4v) is 3.17. The summed E-state index contributed by atoms with van der Waals surface area (Å²) < 4.78 is 5.77. The highest BCUT2D eigenvalue weighted by atomic mass is 35.5. The molecule has 0 aromatic heterocycles. The second kappa shape index (κ2) is 7.87. The van der Waals surface area contributed by atoms with Crippen molar-refractivity contribution in [3.63, 3.8) is 0 Å². The second-order valence-electron chi connectivity index (χ2n) is 5.61. The Bertz CT molecular complexity index is 419. The van der Waals surface area contributed by atoms with Crippen LogP contribution < -0.4 is 10.1 Å². The number of aliphatic hydroxyl groups is 1. The monoisotopic (exact) mass is 297 g/mol. The number of ether oxygens (including phenoxy) is 1. The summed E-state index contributed by atoms with van der Waals surface area (Å²) in [5, 5.41) is 13.8. The van der Waals surface area contributed by atoms with Crippen molar-refractivity contribution in [3.05, 3.63) is 28.8 Å². The van der Waals surface area contributed by atoms with E-state index in [0.29, 0.717) is 29.8 Å². The minimum atomic E-state index is -0.406. The third-order valence-electron chi connectivity index (χ3n) is 3.92. The molecule has 1 saturated carbocycles. The minimum absolute atomic E-state index is 0.316. The van der Waals surface area contributed by atoms with Gasteiger partial charge < -0.3 is 15.2 Å². The summed E-state index contributed by atoms with van der Waals surface area (Å²) in [5.74, 6) is 1.35. The van der Waals surface area contributed by atoms with Crippen LogP contribution in [0.25, 0.3) is 0 Å². The van der Waals surface area contributed by atoms with Crippen molar-refractivity contribution >= 4 is 11.6 Å². The van der Waals surface area contributed by atoms with Crippen LogP contribution in [-0.2, 0) is 6.54 Å². The normalized spacial score (nSPS) is 17.4. The lowest BCUT2D eigenvalue weighted by atomic mass is 10.0. The molecular formula is C16H24ClNO2. The number of rotatable bonds is 7. The Morgan fingerprint density at radius 1 is 1.40 bits per heavy atom. The van der Waals surface area contributed by atoms with Gasteiger partial charge in [0.05, 0.1) is 11.1 Å². The summed E-state index contributed by atoms with van der Waals surface area (Å²) in [7, 11) is 1.89. The number of nitrogens with one attached hydrogen (secondary N) is 1. The Morgan fingerprint density at radius 2 is 2.15 bits per heavy atom. The third-order valence-corrected chi connectivity index (χ3v) is 4.21. The maximum Gasteiger partial charge on any atom is 0.142 e. The predicted molar refractivity (Wildman–Crippen MR) is 82.3 cm³/mol. The van der Waals surface area contributed by atoms with Crippen LogP contribution in [0.2, 0.25) is 5.02 Å². The van der Waals surface area contributed by atoms with Gasteiger partial charge in [0.15, 0.2) is 0 Å². The summed E-state index contributed by atoms with van der Waals surface area (Å²) >= 11 is 6.18. The number of hydrogen-bond donors (Lipinski definition) is 2. The zero-order valence-electron chi connectivity index (χ0n) is 12.1. The summed E-state index contributed by atoms with van der Waals surface area (Å²) in [6.07, 6.45) is 5.52. The van der Waals surface area contributed by atoms with Crippen LogP contribution in [0.15, 0.2) is 18.2 Å². The van der Waals surface area contributed by atoms with Gasteiger partial charge in [-0.25, -0.2) is 0 Å². The quantitative estimate of drug-likeness (QED) is 0.811. The van der Waals surface area contributed by atoms with E-state index in [1.165, 1.54) is 25.7 Å². The Balaban J connectivity index is 1.89. The Hall–Kier alpha value is -0.770. The lowest BCUT2D eigenvalue weighted by Gasteiger charge is -2.18. The van der Waals surface area contributed by atoms with Crippen molar-refractivity contribution in [1.82, 2.24) is 5.32 Å². The van der Waals surface area contributed by atoms with Crippen molar-refractivity contribution in [2.45, 2.75) is 44.8 Å². The van der Waals surface area contributed by atoms with E-state index < -0.39 is 6.10 Å². The highest BCUT2D eigenvalue weighted by Crippen LogP contribution is 2.31. The standard InChI is InChI=1S/C16H24ClNO2/c1-18-10-13-7-4-8-15(17)16(13)20-11-14(19)9-12-5-2-3-6-12/h4,7-8,12,14,18-19H,2-3,5-6,9-11H2,1H3. The average molecular weight is 298 g/mol. The van der Waals surface area contributed by atoms with Crippen molar-refractivity contribution in [1.29, 1.82) is 0 Å². The maximum atomic E-state index is 10.1. The van der Waals surface area contributed by atoms with Crippen LogP contribution >= 0.6 is 11.6 Å². The molecule has 1 aromatic carbocycles. The first-order chi connectivity index (χ1) is 9.70. The number of benzene rings is 1. The molecule has 1 fully saturated rings. The Kier molecular flexibility index (Phi) is 6.14. The minimum Gasteiger partial charge on any atom is -0.489 e. The highest BCUT2D eigenvalue weighted by Gasteiger charge is 2.19. The molecule has 0 amide bonds. The van der Waals surface area contributed by atoms with Crippen molar-refractivity contribution in [3.8, 4) is 5.75 Å². The first-order valence-corrected chi connectivity index (χ1v) is 7.81. The van der Waals surface area contributed by atoms with Gasteiger partial charge in [-0.2, -0.15) is 0 Å². The topological polar surface area (TPSA) is 41.5 Å². The first kappa shape index (κ1) is 15.6. The van der Waals surface area contributed by atoms with Crippen LogP contribution in [-0.4, -0.2) is 24.9 Å². The smallest absolute Gasteiger partial charge is 0.142 e. The van der Waals surface area contributed by atoms with Gasteiger partial charge >= 0.3 is 0 Å². The van der Waals surface area contributed by atoms with Gasteiger partial charge in [0.1, 0.15) is 12.4 Å². The average Bonchev–Trinajstić information content (AvgIpc) is 2.91. The summed E-state index contributed by atoms with van der Waals surface area (Å²) in [4.78, 5) is 0. The molecule has 1 aliphatic rings. The van der Waals surface area contributed by atoms with E-state index in [9.17, 15) is 5.11 Å². The van der Waals surface area contributed by atoms with E-state index in [-0.39, 0.29) is 0 Å². The Morgan fingerprint density at radius 3 is 2.85 bits per heavy atom. The van der Waals surface area contributed by atoms with Crippen LogP contribution in [0.3, 0.4) is 0 Å². The lowest BCUT2D eigenvalue weighted by Crippen LogP contribution is -2.21. The fraction of sp³-hybridized carbons (Fsp3) is 0.625. The van der Waals surface area contributed by atoms with E-state index in [1.54, 1.807) is 0 Å². The van der Waals surface area contributed by atoms with Gasteiger partial charge in [-0.3, -0.25) is 0 Å².